The first-order chi connectivity index (χ1) is 17.8. The second kappa shape index (κ2) is 11.5. The van der Waals surface area contributed by atoms with Gasteiger partial charge in [-0.1, -0.05) is 53.7 Å². The molecule has 0 saturated carbocycles. The van der Waals surface area contributed by atoms with Crippen molar-refractivity contribution < 1.29 is 9.66 Å². The van der Waals surface area contributed by atoms with Crippen LogP contribution in [0.1, 0.15) is 38.9 Å². The Kier molecular flexibility index (Phi) is 8.11. The first-order valence-electron chi connectivity index (χ1n) is 11.4. The zero-order chi connectivity index (χ0) is 26.5. The molecule has 8 nitrogen and oxygen atoms in total. The quantitative estimate of drug-likeness (QED) is 0.139. The van der Waals surface area contributed by atoms with Crippen molar-refractivity contribution in [3.8, 4) is 17.5 Å². The van der Waals surface area contributed by atoms with Gasteiger partial charge in [0.2, 0.25) is 6.54 Å². The molecule has 0 bridgehead atoms. The molecule has 37 heavy (non-hydrogen) atoms. The highest BCUT2D eigenvalue weighted by molar-refractivity contribution is 7.99. The smallest absolute Gasteiger partial charge is 0.220 e. The molecule has 0 amide bonds. The van der Waals surface area contributed by atoms with Crippen LogP contribution < -0.4 is 4.74 Å². The summed E-state index contributed by atoms with van der Waals surface area (Å²) in [5, 5.41) is 29.7. The van der Waals surface area contributed by atoms with Gasteiger partial charge in [0.05, 0.1) is 16.7 Å². The zero-order valence-corrected chi connectivity index (χ0v) is 22.1. The topological polar surface area (TPSA) is 107 Å². The molecular weight excluding hydrogens is 510 g/mol. The normalized spacial score (nSPS) is 11.6. The fourth-order valence-electron chi connectivity index (χ4n) is 3.80. The number of nitriles is 1. The Morgan fingerprint density at radius 2 is 1.89 bits per heavy atom. The summed E-state index contributed by atoms with van der Waals surface area (Å²) >= 11 is 7.78. The number of aromatic nitrogens is 3. The Labute approximate surface area is 224 Å². The summed E-state index contributed by atoms with van der Waals surface area (Å²) in [6, 6.07) is 20.5. The van der Waals surface area contributed by atoms with Gasteiger partial charge in [-0.15, -0.1) is 10.2 Å². The fraction of sp³-hybridized carbons (Fsp3) is 0.222. The van der Waals surface area contributed by atoms with E-state index in [2.05, 4.69) is 16.3 Å². The minimum absolute atomic E-state index is 0.175. The van der Waals surface area contributed by atoms with Gasteiger partial charge in [-0.3, -0.25) is 14.7 Å². The third-order valence-electron chi connectivity index (χ3n) is 5.96. The summed E-state index contributed by atoms with van der Waals surface area (Å²) in [5.41, 5.74) is 5.14. The monoisotopic (exact) mass is 533 g/mol. The van der Waals surface area contributed by atoms with Crippen molar-refractivity contribution in [1.82, 2.24) is 14.8 Å². The van der Waals surface area contributed by atoms with Crippen LogP contribution in [0.4, 0.5) is 0 Å². The molecule has 0 fully saturated rings. The number of nitrogens with zero attached hydrogens (tertiary/aromatic N) is 5. The molecule has 10 heteroatoms. The lowest BCUT2D eigenvalue weighted by Gasteiger charge is -2.16. The molecule has 0 aliphatic rings. The maximum atomic E-state index is 11.6. The lowest BCUT2D eigenvalue weighted by atomic mass is 10.1. The van der Waals surface area contributed by atoms with Gasteiger partial charge >= 0.3 is 0 Å². The van der Waals surface area contributed by atoms with E-state index >= 15 is 0 Å². The summed E-state index contributed by atoms with van der Waals surface area (Å²) in [5.74, 6) is 1.11. The summed E-state index contributed by atoms with van der Waals surface area (Å²) in [6.45, 7) is 5.78. The molecule has 0 aliphatic heterocycles. The second-order valence-corrected chi connectivity index (χ2v) is 10.1. The second-order valence-electron chi connectivity index (χ2n) is 8.50. The fourth-order valence-corrected chi connectivity index (χ4v) is 5.21. The molecule has 0 spiro atoms. The number of hydrogen-bond donors (Lipinski definition) is 0. The van der Waals surface area contributed by atoms with Gasteiger partial charge in [0.1, 0.15) is 23.4 Å². The van der Waals surface area contributed by atoms with E-state index in [0.717, 1.165) is 16.8 Å². The Balaban J connectivity index is 1.59. The Bertz CT molecular complexity index is 1500. The molecule has 4 aromatic rings. The van der Waals surface area contributed by atoms with E-state index in [1.165, 1.54) is 17.3 Å². The summed E-state index contributed by atoms with van der Waals surface area (Å²) in [6.07, 6.45) is 0. The minimum atomic E-state index is -0.560. The molecule has 1 heterocycles. The zero-order valence-electron chi connectivity index (χ0n) is 20.5. The number of ether oxygens (including phenoxy) is 1. The van der Waals surface area contributed by atoms with Gasteiger partial charge in [0.15, 0.2) is 5.16 Å². The molecule has 0 N–H and O–H groups in total. The Morgan fingerprint density at radius 1 is 1.11 bits per heavy atom. The van der Waals surface area contributed by atoms with Crippen LogP contribution in [0.3, 0.4) is 0 Å². The van der Waals surface area contributed by atoms with Gasteiger partial charge in [0.25, 0.3) is 0 Å². The highest BCUT2D eigenvalue weighted by Gasteiger charge is 2.25. The van der Waals surface area contributed by atoms with Crippen LogP contribution in [0.5, 0.6) is 5.75 Å². The predicted octanol–water partition coefficient (Wildman–Crippen LogP) is 6.41. The Morgan fingerprint density at radius 3 is 2.59 bits per heavy atom. The molecule has 1 atom stereocenters. The lowest BCUT2D eigenvalue weighted by molar-refractivity contribution is -0.479. The van der Waals surface area contributed by atoms with Crippen LogP contribution in [0.2, 0.25) is 5.02 Å². The van der Waals surface area contributed by atoms with E-state index < -0.39 is 5.25 Å². The van der Waals surface area contributed by atoms with Gasteiger partial charge in [-0.25, -0.2) is 0 Å². The van der Waals surface area contributed by atoms with Crippen molar-refractivity contribution in [2.45, 2.75) is 37.8 Å². The van der Waals surface area contributed by atoms with Crippen LogP contribution in [0, 0.1) is 42.2 Å². The Hall–Kier alpha value is -3.87. The average Bonchev–Trinajstić information content (AvgIpc) is 3.24. The summed E-state index contributed by atoms with van der Waals surface area (Å²) in [4.78, 5) is 11.2. The highest BCUT2D eigenvalue weighted by Crippen LogP contribution is 2.39. The summed E-state index contributed by atoms with van der Waals surface area (Å²) in [7, 11) is 0. The molecule has 0 unspecified atom stereocenters. The van der Waals surface area contributed by atoms with Crippen molar-refractivity contribution >= 4 is 23.4 Å². The molecule has 0 radical (unpaired) electrons. The van der Waals surface area contributed by atoms with Crippen molar-refractivity contribution in [2.75, 3.05) is 6.54 Å². The largest absolute Gasteiger partial charge is 0.487 e. The number of nitro groups is 1. The molecule has 1 aromatic heterocycles. The minimum Gasteiger partial charge on any atom is -0.487 e. The van der Waals surface area contributed by atoms with Crippen LogP contribution >= 0.6 is 23.4 Å². The van der Waals surface area contributed by atoms with Crippen LogP contribution in [-0.2, 0) is 6.61 Å². The van der Waals surface area contributed by atoms with Crippen LogP contribution in [-0.4, -0.2) is 26.2 Å². The third kappa shape index (κ3) is 6.10. The lowest BCUT2D eigenvalue weighted by Crippen LogP contribution is -2.11. The number of hydrogen-bond acceptors (Lipinski definition) is 7. The molecule has 4 rings (SSSR count). The number of rotatable bonds is 9. The van der Waals surface area contributed by atoms with E-state index in [-0.39, 0.29) is 18.1 Å². The SMILES string of the molecule is Cc1ccc(-n2c(C)nnc2S[C@H](C[N+](=O)[O-])c2ccc(OCc3ccccc3C#N)c(Cl)c2)cc1C. The van der Waals surface area contributed by atoms with Gasteiger partial charge in [0, 0.05) is 16.2 Å². The van der Waals surface area contributed by atoms with Gasteiger partial charge in [-0.2, -0.15) is 5.26 Å². The molecule has 0 saturated heterocycles. The number of aryl methyl sites for hydroxylation is 3. The number of thioether (sulfide) groups is 1. The van der Waals surface area contributed by atoms with E-state index in [4.69, 9.17) is 16.3 Å². The van der Waals surface area contributed by atoms with Crippen molar-refractivity contribution in [3.05, 3.63) is 109 Å². The molecule has 3 aromatic carbocycles. The standard InChI is InChI=1S/C27H24ClN5O3S/c1-17-8-10-23(12-18(17)2)33-19(3)30-31-27(33)37-26(15-32(34)35)20-9-11-25(24(28)13-20)36-16-22-7-5-4-6-21(22)14-29/h4-13,26H,15-16H2,1-3H3/t26-/m1/s1. The van der Waals surface area contributed by atoms with Gasteiger partial charge in [-0.05, 0) is 67.8 Å². The highest BCUT2D eigenvalue weighted by atomic mass is 35.5. The number of halogens is 1. The predicted molar refractivity (Wildman–Crippen MR) is 143 cm³/mol. The maximum absolute atomic E-state index is 11.6. The van der Waals surface area contributed by atoms with Gasteiger partial charge < -0.3 is 4.74 Å². The van der Waals surface area contributed by atoms with Crippen LogP contribution in [0.25, 0.3) is 5.69 Å². The number of benzene rings is 3. The van der Waals surface area contributed by atoms with E-state index in [1.54, 1.807) is 30.3 Å². The van der Waals surface area contributed by atoms with E-state index in [0.29, 0.717) is 32.9 Å². The maximum Gasteiger partial charge on any atom is 0.220 e. The van der Waals surface area contributed by atoms with Crippen LogP contribution in [0.15, 0.2) is 65.8 Å². The van der Waals surface area contributed by atoms with E-state index in [9.17, 15) is 15.4 Å². The van der Waals surface area contributed by atoms with Crippen molar-refractivity contribution in [1.29, 1.82) is 5.26 Å². The first-order valence-corrected chi connectivity index (χ1v) is 12.7. The average molecular weight is 534 g/mol. The first kappa shape index (κ1) is 26.2. The molecular formula is C27H24ClN5O3S. The molecule has 188 valence electrons. The van der Waals surface area contributed by atoms with Crippen molar-refractivity contribution in [2.24, 2.45) is 0 Å². The third-order valence-corrected chi connectivity index (χ3v) is 7.43. The van der Waals surface area contributed by atoms with Crippen molar-refractivity contribution in [3.63, 3.8) is 0 Å². The summed E-state index contributed by atoms with van der Waals surface area (Å²) < 4.78 is 7.75. The van der Waals surface area contributed by atoms with E-state index in [1.807, 2.05) is 55.7 Å². The molecule has 0 aliphatic carbocycles.